The van der Waals surface area contributed by atoms with Gasteiger partial charge in [-0.3, -0.25) is 4.79 Å². The van der Waals surface area contributed by atoms with Crippen LogP contribution in [-0.2, 0) is 13.0 Å². The average Bonchev–Trinajstić information content (AvgIpc) is 2.32. The zero-order valence-electron chi connectivity index (χ0n) is 9.57. The van der Waals surface area contributed by atoms with E-state index in [4.69, 9.17) is 5.11 Å². The molecule has 0 bridgehead atoms. The van der Waals surface area contributed by atoms with Crippen LogP contribution in [0.15, 0.2) is 16.9 Å². The third-order valence-electron chi connectivity index (χ3n) is 3.28. The third-order valence-corrected chi connectivity index (χ3v) is 3.28. The van der Waals surface area contributed by atoms with E-state index in [1.54, 1.807) is 10.6 Å². The molecule has 0 aromatic carbocycles. The molecule has 0 saturated carbocycles. The smallest absolute Gasteiger partial charge is 0.250 e. The van der Waals surface area contributed by atoms with Crippen molar-refractivity contribution < 1.29 is 5.11 Å². The summed E-state index contributed by atoms with van der Waals surface area (Å²) >= 11 is 0. The van der Waals surface area contributed by atoms with Gasteiger partial charge in [0.2, 0.25) is 0 Å². The number of fused-ring (bicyclic) bond motifs is 1. The van der Waals surface area contributed by atoms with Gasteiger partial charge in [0.25, 0.3) is 5.56 Å². The number of aliphatic hydroxyl groups is 1. The highest BCUT2D eigenvalue weighted by molar-refractivity contribution is 5.27. The van der Waals surface area contributed by atoms with Gasteiger partial charge < -0.3 is 15.0 Å². The molecule has 4 heteroatoms. The summed E-state index contributed by atoms with van der Waals surface area (Å²) in [6, 6.07) is 3.87. The Balaban J connectivity index is 2.50. The monoisotopic (exact) mass is 222 g/mol. The molecule has 0 aliphatic heterocycles. The number of nitrogens with one attached hydrogen (secondary N) is 1. The number of pyridine rings is 1. The van der Waals surface area contributed by atoms with Crippen LogP contribution in [0.2, 0.25) is 0 Å². The van der Waals surface area contributed by atoms with Crippen molar-refractivity contribution in [2.75, 3.05) is 13.7 Å². The molecule has 1 unspecified atom stereocenters. The van der Waals surface area contributed by atoms with Gasteiger partial charge in [0, 0.05) is 24.3 Å². The van der Waals surface area contributed by atoms with Crippen LogP contribution < -0.4 is 10.9 Å². The fourth-order valence-corrected chi connectivity index (χ4v) is 2.51. The number of nitrogens with zero attached hydrogens (tertiary/aromatic N) is 1. The van der Waals surface area contributed by atoms with Crippen molar-refractivity contribution in [2.45, 2.75) is 31.8 Å². The molecule has 0 fully saturated rings. The summed E-state index contributed by atoms with van der Waals surface area (Å²) in [5.41, 5.74) is 2.29. The van der Waals surface area contributed by atoms with Crippen LogP contribution in [0, 0.1) is 0 Å². The van der Waals surface area contributed by atoms with Crippen LogP contribution in [0.3, 0.4) is 0 Å². The Kier molecular flexibility index (Phi) is 3.41. The fraction of sp³-hybridized carbons (Fsp3) is 0.583. The number of aliphatic hydroxyl groups excluding tert-OH is 1. The summed E-state index contributed by atoms with van der Waals surface area (Å²) in [7, 11) is 1.95. The second-order valence-electron chi connectivity index (χ2n) is 4.18. The summed E-state index contributed by atoms with van der Waals surface area (Å²) in [6.07, 6.45) is 3.14. The van der Waals surface area contributed by atoms with Crippen molar-refractivity contribution in [2.24, 2.45) is 0 Å². The molecule has 88 valence electrons. The number of rotatable bonds is 3. The molecule has 1 heterocycles. The van der Waals surface area contributed by atoms with E-state index in [-0.39, 0.29) is 12.2 Å². The molecule has 0 spiro atoms. The summed E-state index contributed by atoms with van der Waals surface area (Å²) in [4.78, 5) is 11.7. The van der Waals surface area contributed by atoms with Crippen LogP contribution in [0.4, 0.5) is 0 Å². The quantitative estimate of drug-likeness (QED) is 0.780. The van der Waals surface area contributed by atoms with Crippen molar-refractivity contribution in [1.29, 1.82) is 0 Å². The van der Waals surface area contributed by atoms with E-state index in [1.165, 1.54) is 5.56 Å². The zero-order valence-corrected chi connectivity index (χ0v) is 9.57. The Labute approximate surface area is 94.9 Å². The van der Waals surface area contributed by atoms with Gasteiger partial charge in [-0.25, -0.2) is 0 Å². The largest absolute Gasteiger partial charge is 0.395 e. The molecule has 1 aromatic rings. The van der Waals surface area contributed by atoms with Crippen LogP contribution in [0.5, 0.6) is 0 Å². The molecule has 2 rings (SSSR count). The molecule has 16 heavy (non-hydrogen) atoms. The maximum absolute atomic E-state index is 11.7. The summed E-state index contributed by atoms with van der Waals surface area (Å²) in [5, 5.41) is 12.3. The van der Waals surface area contributed by atoms with E-state index in [2.05, 4.69) is 5.32 Å². The Morgan fingerprint density at radius 2 is 2.38 bits per heavy atom. The lowest BCUT2D eigenvalue weighted by Gasteiger charge is -2.27. The Bertz CT molecular complexity index is 426. The summed E-state index contributed by atoms with van der Waals surface area (Å²) in [6.45, 7) is 0.416. The number of hydrogen-bond donors (Lipinski definition) is 2. The Morgan fingerprint density at radius 1 is 1.56 bits per heavy atom. The minimum atomic E-state index is -0.00967. The second-order valence-corrected chi connectivity index (χ2v) is 4.18. The molecule has 1 aliphatic carbocycles. The van der Waals surface area contributed by atoms with Gasteiger partial charge in [0.15, 0.2) is 0 Å². The summed E-state index contributed by atoms with van der Waals surface area (Å²) in [5.74, 6) is 0. The maximum atomic E-state index is 11.7. The first kappa shape index (κ1) is 11.4. The molecule has 4 nitrogen and oxygen atoms in total. The van der Waals surface area contributed by atoms with E-state index in [0.717, 1.165) is 25.0 Å². The molecule has 1 aliphatic rings. The minimum absolute atomic E-state index is 0.00967. The van der Waals surface area contributed by atoms with Crippen LogP contribution in [-0.4, -0.2) is 23.3 Å². The highest BCUT2D eigenvalue weighted by Gasteiger charge is 2.21. The van der Waals surface area contributed by atoms with E-state index < -0.39 is 0 Å². The molecule has 2 N–H and O–H groups in total. The van der Waals surface area contributed by atoms with E-state index in [9.17, 15) is 4.79 Å². The molecular formula is C12H18N2O2. The van der Waals surface area contributed by atoms with Crippen LogP contribution in [0.1, 0.15) is 30.1 Å². The van der Waals surface area contributed by atoms with Gasteiger partial charge in [0.05, 0.1) is 6.61 Å². The Morgan fingerprint density at radius 3 is 3.06 bits per heavy atom. The molecular weight excluding hydrogens is 204 g/mol. The first-order valence-corrected chi connectivity index (χ1v) is 5.78. The standard InChI is InChI=1S/C12H18N2O2/c1-13-10-3-2-4-11-9(10)5-6-12(16)14(11)7-8-15/h5-6,10,13,15H,2-4,7-8H2,1H3. The van der Waals surface area contributed by atoms with Crippen molar-refractivity contribution in [3.63, 3.8) is 0 Å². The highest BCUT2D eigenvalue weighted by Crippen LogP contribution is 2.28. The van der Waals surface area contributed by atoms with Gasteiger partial charge in [-0.1, -0.05) is 6.07 Å². The average molecular weight is 222 g/mol. The van der Waals surface area contributed by atoms with Gasteiger partial charge >= 0.3 is 0 Å². The lowest BCUT2D eigenvalue weighted by molar-refractivity contribution is 0.270. The first-order valence-electron chi connectivity index (χ1n) is 5.78. The number of aromatic nitrogens is 1. The SMILES string of the molecule is CNC1CCCc2c1ccc(=O)n2CCO. The highest BCUT2D eigenvalue weighted by atomic mass is 16.3. The lowest BCUT2D eigenvalue weighted by Crippen LogP contribution is -2.31. The first-order chi connectivity index (χ1) is 7.77. The Hall–Kier alpha value is -1.13. The van der Waals surface area contributed by atoms with Gasteiger partial charge in [-0.15, -0.1) is 0 Å². The zero-order chi connectivity index (χ0) is 11.5. The van der Waals surface area contributed by atoms with E-state index in [0.29, 0.717) is 12.6 Å². The second kappa shape index (κ2) is 4.80. The van der Waals surface area contributed by atoms with Gasteiger partial charge in [-0.05, 0) is 31.9 Å². The van der Waals surface area contributed by atoms with Crippen molar-refractivity contribution >= 4 is 0 Å². The van der Waals surface area contributed by atoms with Crippen molar-refractivity contribution in [3.05, 3.63) is 33.7 Å². The molecule has 0 radical (unpaired) electrons. The third kappa shape index (κ3) is 1.90. The lowest BCUT2D eigenvalue weighted by atomic mass is 9.91. The predicted octanol–water partition coefficient (Wildman–Crippen LogP) is 0.437. The van der Waals surface area contributed by atoms with Crippen molar-refractivity contribution in [3.8, 4) is 0 Å². The molecule has 1 atom stereocenters. The molecule has 0 amide bonds. The topological polar surface area (TPSA) is 54.3 Å². The number of hydrogen-bond acceptors (Lipinski definition) is 3. The normalized spacial score (nSPS) is 19.5. The van der Waals surface area contributed by atoms with E-state index >= 15 is 0 Å². The molecule has 1 aromatic heterocycles. The van der Waals surface area contributed by atoms with Crippen LogP contribution >= 0.6 is 0 Å². The predicted molar refractivity (Wildman–Crippen MR) is 62.5 cm³/mol. The van der Waals surface area contributed by atoms with E-state index in [1.807, 2.05) is 13.1 Å². The maximum Gasteiger partial charge on any atom is 0.250 e. The van der Waals surface area contributed by atoms with Crippen LogP contribution in [0.25, 0.3) is 0 Å². The fourth-order valence-electron chi connectivity index (χ4n) is 2.51. The summed E-state index contributed by atoms with van der Waals surface area (Å²) < 4.78 is 1.71. The van der Waals surface area contributed by atoms with Gasteiger partial charge in [0.1, 0.15) is 0 Å². The van der Waals surface area contributed by atoms with Crippen molar-refractivity contribution in [1.82, 2.24) is 9.88 Å². The minimum Gasteiger partial charge on any atom is -0.395 e. The van der Waals surface area contributed by atoms with Gasteiger partial charge in [-0.2, -0.15) is 0 Å². The molecule has 0 saturated heterocycles.